The average molecular weight is 565 g/mol. The highest BCUT2D eigenvalue weighted by Crippen LogP contribution is 2.38. The number of hydrogen-bond donors (Lipinski definition) is 0. The molecule has 2 aliphatic rings. The molecule has 2 aromatic heterocycles. The molecule has 212 valence electrons. The molecule has 0 saturated carbocycles. The van der Waals surface area contributed by atoms with Gasteiger partial charge in [-0.3, -0.25) is 14.7 Å². The highest BCUT2D eigenvalue weighted by atomic mass is 19.4. The molecule has 6 nitrogen and oxygen atoms in total. The number of aliphatic imine (C=N–C) groups is 1. The number of ether oxygens (including phenoxy) is 1. The highest BCUT2D eigenvalue weighted by Gasteiger charge is 2.45. The second-order valence-electron chi connectivity index (χ2n) is 10.7. The van der Waals surface area contributed by atoms with Crippen molar-refractivity contribution in [3.05, 3.63) is 101 Å². The molecule has 10 heteroatoms. The summed E-state index contributed by atoms with van der Waals surface area (Å²) in [5.74, 6) is -2.61. The first-order chi connectivity index (χ1) is 19.7. The van der Waals surface area contributed by atoms with Crippen molar-refractivity contribution < 1.29 is 27.1 Å². The first-order valence-corrected chi connectivity index (χ1v) is 13.4. The molecule has 0 spiro atoms. The Labute approximate surface area is 234 Å². The van der Waals surface area contributed by atoms with Crippen molar-refractivity contribution in [1.82, 2.24) is 14.3 Å². The lowest BCUT2D eigenvalue weighted by Gasteiger charge is -2.38. The van der Waals surface area contributed by atoms with Crippen LogP contribution in [0.5, 0.6) is 5.75 Å². The summed E-state index contributed by atoms with van der Waals surface area (Å²) in [7, 11) is 1.40. The maximum absolute atomic E-state index is 14.6. The van der Waals surface area contributed by atoms with E-state index in [0.29, 0.717) is 12.1 Å². The van der Waals surface area contributed by atoms with Gasteiger partial charge in [-0.25, -0.2) is 9.37 Å². The lowest BCUT2D eigenvalue weighted by Crippen LogP contribution is -2.45. The van der Waals surface area contributed by atoms with Gasteiger partial charge < -0.3 is 9.14 Å². The first kappa shape index (κ1) is 27.1. The number of halogens is 4. The van der Waals surface area contributed by atoms with Crippen molar-refractivity contribution in [3.63, 3.8) is 0 Å². The molecule has 0 bridgehead atoms. The molecule has 1 saturated heterocycles. The Morgan fingerprint density at radius 1 is 1.12 bits per heavy atom. The van der Waals surface area contributed by atoms with Gasteiger partial charge >= 0.3 is 6.18 Å². The van der Waals surface area contributed by atoms with Gasteiger partial charge in [-0.15, -0.1) is 0 Å². The minimum Gasteiger partial charge on any atom is -0.496 e. The van der Waals surface area contributed by atoms with E-state index in [1.54, 1.807) is 29.3 Å². The Morgan fingerprint density at radius 3 is 2.78 bits per heavy atom. The van der Waals surface area contributed by atoms with Gasteiger partial charge in [0.25, 0.3) is 0 Å². The van der Waals surface area contributed by atoms with Crippen LogP contribution in [0.2, 0.25) is 0 Å². The van der Waals surface area contributed by atoms with Gasteiger partial charge in [0.15, 0.2) is 5.78 Å². The van der Waals surface area contributed by atoms with Crippen LogP contribution in [0.15, 0.2) is 72.1 Å². The van der Waals surface area contributed by atoms with Gasteiger partial charge in [0, 0.05) is 66.9 Å². The number of carbonyl (C=O) groups is 1. The van der Waals surface area contributed by atoms with Crippen LogP contribution in [-0.4, -0.2) is 52.2 Å². The van der Waals surface area contributed by atoms with E-state index in [1.165, 1.54) is 19.2 Å². The second-order valence-corrected chi connectivity index (χ2v) is 10.7. The molecule has 0 N–H and O–H groups in total. The summed E-state index contributed by atoms with van der Waals surface area (Å²) in [5.41, 5.74) is 4.95. The number of carbonyl (C=O) groups excluding carboxylic acids is 1. The summed E-state index contributed by atoms with van der Waals surface area (Å²) in [6.45, 7) is 0.447. The molecule has 41 heavy (non-hydrogen) atoms. The lowest BCUT2D eigenvalue weighted by molar-refractivity contribution is -0.192. The second kappa shape index (κ2) is 10.7. The van der Waals surface area contributed by atoms with Crippen molar-refractivity contribution in [2.75, 3.05) is 20.2 Å². The molecular formula is C31H28F4N4O2. The normalized spacial score (nSPS) is 19.3. The number of piperidine rings is 1. The van der Waals surface area contributed by atoms with Crippen molar-refractivity contribution in [2.45, 2.75) is 32.1 Å². The Kier molecular flexibility index (Phi) is 7.11. The molecule has 2 aromatic carbocycles. The molecule has 2 atom stereocenters. The van der Waals surface area contributed by atoms with E-state index in [-0.39, 0.29) is 49.6 Å². The summed E-state index contributed by atoms with van der Waals surface area (Å²) in [5, 5.41) is 0. The van der Waals surface area contributed by atoms with E-state index < -0.39 is 23.8 Å². The predicted molar refractivity (Wildman–Crippen MR) is 146 cm³/mol. The number of imidazole rings is 1. The van der Waals surface area contributed by atoms with Crippen molar-refractivity contribution in [2.24, 2.45) is 16.8 Å². The molecule has 0 unspecified atom stereocenters. The van der Waals surface area contributed by atoms with Crippen LogP contribution in [0, 0.1) is 17.7 Å². The largest absolute Gasteiger partial charge is 0.496 e. The third-order valence-electron chi connectivity index (χ3n) is 7.98. The van der Waals surface area contributed by atoms with E-state index >= 15 is 0 Å². The number of hydrogen-bond acceptors (Lipinski definition) is 5. The lowest BCUT2D eigenvalue weighted by atomic mass is 9.84. The smallest absolute Gasteiger partial charge is 0.393 e. The van der Waals surface area contributed by atoms with Gasteiger partial charge in [-0.1, -0.05) is 18.2 Å². The van der Waals surface area contributed by atoms with Gasteiger partial charge in [0.05, 0.1) is 25.3 Å². The molecule has 0 radical (unpaired) electrons. The Bertz CT molecular complexity index is 1640. The molecule has 2 aliphatic heterocycles. The number of likely N-dealkylation sites (tertiary alicyclic amines) is 1. The number of fused-ring (bicyclic) bond motifs is 2. The zero-order chi connectivity index (χ0) is 28.7. The van der Waals surface area contributed by atoms with Crippen LogP contribution < -0.4 is 4.74 Å². The fraction of sp³-hybridized carbons (Fsp3) is 0.323. The van der Waals surface area contributed by atoms with Gasteiger partial charge in [0.1, 0.15) is 17.2 Å². The van der Waals surface area contributed by atoms with Gasteiger partial charge in [-0.2, -0.15) is 13.2 Å². The van der Waals surface area contributed by atoms with Crippen LogP contribution in [0.1, 0.15) is 45.5 Å². The first-order valence-electron chi connectivity index (χ1n) is 13.4. The molecule has 0 amide bonds. The maximum atomic E-state index is 14.6. The Morgan fingerprint density at radius 2 is 1.98 bits per heavy atom. The Balaban J connectivity index is 1.21. The summed E-state index contributed by atoms with van der Waals surface area (Å²) in [6, 6.07) is 13.6. The van der Waals surface area contributed by atoms with Gasteiger partial charge in [-0.05, 0) is 48.2 Å². The number of pyridine rings is 1. The fourth-order valence-electron chi connectivity index (χ4n) is 5.97. The quantitative estimate of drug-likeness (QED) is 0.201. The molecule has 0 aliphatic carbocycles. The highest BCUT2D eigenvalue weighted by molar-refractivity contribution is 6.16. The third-order valence-corrected chi connectivity index (χ3v) is 7.98. The topological polar surface area (TPSA) is 59.2 Å². The number of Topliss-reactive ketones (excluding diaryl/α,β-unsaturated/α-hetero) is 1. The van der Waals surface area contributed by atoms with E-state index in [2.05, 4.69) is 9.98 Å². The number of alkyl halides is 3. The van der Waals surface area contributed by atoms with Crippen LogP contribution in [-0.2, 0) is 13.1 Å². The zero-order valence-corrected chi connectivity index (χ0v) is 22.4. The van der Waals surface area contributed by atoms with Crippen molar-refractivity contribution >= 4 is 17.1 Å². The summed E-state index contributed by atoms with van der Waals surface area (Å²) in [4.78, 5) is 24.0. The number of nitrogens with zero attached hydrogens (tertiary/aromatic N) is 4. The number of rotatable bonds is 7. The van der Waals surface area contributed by atoms with Crippen molar-refractivity contribution in [1.29, 1.82) is 0 Å². The summed E-state index contributed by atoms with van der Waals surface area (Å²) in [6.07, 6.45) is 0.881. The molecular weight excluding hydrogens is 536 g/mol. The van der Waals surface area contributed by atoms with E-state index in [4.69, 9.17) is 4.74 Å². The SMILES string of the molecule is COc1cccc(F)c1CN1C[C@H](CC(=O)c2ccc3c(c2)C(c2ccc4nccn4c2)=NC3)C[C@@H](C(F)(F)F)C1. The zero-order valence-electron chi connectivity index (χ0n) is 22.4. The Hall–Kier alpha value is -4.05. The van der Waals surface area contributed by atoms with E-state index in [0.717, 1.165) is 28.0 Å². The van der Waals surface area contributed by atoms with Crippen LogP contribution in [0.4, 0.5) is 17.6 Å². The number of ketones is 1. The molecule has 4 aromatic rings. The minimum absolute atomic E-state index is 0.0347. The molecule has 4 heterocycles. The monoisotopic (exact) mass is 564 g/mol. The number of aromatic nitrogens is 2. The standard InChI is InChI=1S/C31H28F4N4O2/c1-41-28-4-2-3-26(32)25(28)18-38-15-19(11-23(17-38)31(33,34)35)12-27(40)20-5-6-21-14-37-30(24(21)13-20)22-7-8-29-36-9-10-39(29)16-22/h2-10,13,16,19,23H,11-12,14-15,17-18H2,1H3/t19-,23+/m0/s1. The fourth-order valence-corrected chi connectivity index (χ4v) is 5.97. The summed E-state index contributed by atoms with van der Waals surface area (Å²) < 4.78 is 63.5. The van der Waals surface area contributed by atoms with E-state index in [9.17, 15) is 22.4 Å². The third kappa shape index (κ3) is 5.48. The van der Waals surface area contributed by atoms with Crippen molar-refractivity contribution in [3.8, 4) is 5.75 Å². The molecule has 1 fully saturated rings. The van der Waals surface area contributed by atoms with E-state index in [1.807, 2.05) is 35.0 Å². The van der Waals surface area contributed by atoms with Crippen LogP contribution in [0.3, 0.4) is 0 Å². The number of benzene rings is 2. The maximum Gasteiger partial charge on any atom is 0.393 e. The van der Waals surface area contributed by atoms with Gasteiger partial charge in [0.2, 0.25) is 0 Å². The van der Waals surface area contributed by atoms with Crippen LogP contribution >= 0.6 is 0 Å². The molecule has 6 rings (SSSR count). The minimum atomic E-state index is -4.42. The summed E-state index contributed by atoms with van der Waals surface area (Å²) >= 11 is 0. The number of methoxy groups -OCH3 is 1. The predicted octanol–water partition coefficient (Wildman–Crippen LogP) is 6.11. The van der Waals surface area contributed by atoms with Crippen LogP contribution in [0.25, 0.3) is 5.65 Å². The average Bonchev–Trinajstić information content (AvgIpc) is 3.59.